The molecular weight excluding hydrogens is 226 g/mol. The number of hydrogen-bond acceptors (Lipinski definition) is 5. The summed E-state index contributed by atoms with van der Waals surface area (Å²) in [5.41, 5.74) is 1.32. The molecule has 2 aromatic rings. The molecule has 0 aliphatic carbocycles. The summed E-state index contributed by atoms with van der Waals surface area (Å²) in [7, 11) is 1.80. The van der Waals surface area contributed by atoms with Crippen molar-refractivity contribution in [2.45, 2.75) is 6.92 Å². The Labute approximate surface area is 106 Å². The van der Waals surface area contributed by atoms with E-state index in [1.807, 2.05) is 25.1 Å². The minimum Gasteiger partial charge on any atom is -0.373 e. The van der Waals surface area contributed by atoms with Gasteiger partial charge in [-0.05, 0) is 19.1 Å². The molecule has 5 heteroatoms. The van der Waals surface area contributed by atoms with Crippen molar-refractivity contribution in [3.05, 3.63) is 41.7 Å². The van der Waals surface area contributed by atoms with Crippen LogP contribution in [0.4, 0.5) is 17.3 Å². The summed E-state index contributed by atoms with van der Waals surface area (Å²) in [6.07, 6.45) is 0. The first kappa shape index (κ1) is 11.9. The molecule has 2 rings (SSSR count). The van der Waals surface area contributed by atoms with Gasteiger partial charge in [-0.15, -0.1) is 0 Å². The largest absolute Gasteiger partial charge is 0.373 e. The molecule has 1 aromatic carbocycles. The van der Waals surface area contributed by atoms with Crippen LogP contribution >= 0.6 is 0 Å². The third-order valence-electron chi connectivity index (χ3n) is 2.40. The molecule has 0 unspecified atom stereocenters. The third kappa shape index (κ3) is 2.55. The van der Waals surface area contributed by atoms with E-state index in [0.717, 1.165) is 11.5 Å². The SMILES string of the molecule is CNc1cc(Nc2ccccc2C#N)nc(C)n1. The van der Waals surface area contributed by atoms with Crippen molar-refractivity contribution in [3.63, 3.8) is 0 Å². The smallest absolute Gasteiger partial charge is 0.136 e. The molecule has 0 aliphatic rings. The van der Waals surface area contributed by atoms with Gasteiger partial charge in [-0.25, -0.2) is 9.97 Å². The molecule has 0 radical (unpaired) electrons. The van der Waals surface area contributed by atoms with Gasteiger partial charge < -0.3 is 10.6 Å². The Kier molecular flexibility index (Phi) is 3.39. The lowest BCUT2D eigenvalue weighted by molar-refractivity contribution is 1.06. The Morgan fingerprint density at radius 2 is 1.89 bits per heavy atom. The molecule has 0 bridgehead atoms. The van der Waals surface area contributed by atoms with Crippen LogP contribution in [-0.4, -0.2) is 17.0 Å². The van der Waals surface area contributed by atoms with Crippen molar-refractivity contribution >= 4 is 17.3 Å². The number of nitriles is 1. The number of rotatable bonds is 3. The van der Waals surface area contributed by atoms with E-state index >= 15 is 0 Å². The minimum absolute atomic E-state index is 0.583. The molecule has 0 amide bonds. The van der Waals surface area contributed by atoms with Gasteiger partial charge in [-0.2, -0.15) is 5.26 Å². The van der Waals surface area contributed by atoms with Gasteiger partial charge in [-0.1, -0.05) is 12.1 Å². The zero-order chi connectivity index (χ0) is 13.0. The number of para-hydroxylation sites is 1. The van der Waals surface area contributed by atoms with Crippen LogP contribution < -0.4 is 10.6 Å². The van der Waals surface area contributed by atoms with E-state index < -0.39 is 0 Å². The highest BCUT2D eigenvalue weighted by Gasteiger charge is 2.04. The number of anilines is 3. The molecule has 0 fully saturated rings. The normalized spacial score (nSPS) is 9.61. The highest BCUT2D eigenvalue weighted by Crippen LogP contribution is 2.20. The molecule has 1 aromatic heterocycles. The van der Waals surface area contributed by atoms with E-state index in [1.165, 1.54) is 0 Å². The van der Waals surface area contributed by atoms with Gasteiger partial charge in [0.25, 0.3) is 0 Å². The monoisotopic (exact) mass is 239 g/mol. The van der Waals surface area contributed by atoms with Gasteiger partial charge in [0, 0.05) is 13.1 Å². The van der Waals surface area contributed by atoms with Gasteiger partial charge in [0.05, 0.1) is 11.3 Å². The van der Waals surface area contributed by atoms with Crippen LogP contribution in [0.5, 0.6) is 0 Å². The molecule has 1 heterocycles. The van der Waals surface area contributed by atoms with Crippen molar-refractivity contribution < 1.29 is 0 Å². The summed E-state index contributed by atoms with van der Waals surface area (Å²) < 4.78 is 0. The van der Waals surface area contributed by atoms with Gasteiger partial charge in [0.1, 0.15) is 23.5 Å². The third-order valence-corrected chi connectivity index (χ3v) is 2.40. The Balaban J connectivity index is 2.34. The summed E-state index contributed by atoms with van der Waals surface area (Å²) in [4.78, 5) is 8.49. The summed E-state index contributed by atoms with van der Waals surface area (Å²) in [6, 6.07) is 11.2. The van der Waals surface area contributed by atoms with Gasteiger partial charge in [-0.3, -0.25) is 0 Å². The van der Waals surface area contributed by atoms with Crippen LogP contribution in [0.25, 0.3) is 0 Å². The number of nitrogens with one attached hydrogen (secondary N) is 2. The van der Waals surface area contributed by atoms with Gasteiger partial charge >= 0.3 is 0 Å². The van der Waals surface area contributed by atoms with Crippen LogP contribution in [0.3, 0.4) is 0 Å². The van der Waals surface area contributed by atoms with E-state index in [0.29, 0.717) is 17.2 Å². The average Bonchev–Trinajstić information content (AvgIpc) is 2.38. The number of aromatic nitrogens is 2. The minimum atomic E-state index is 0.583. The second kappa shape index (κ2) is 5.15. The maximum Gasteiger partial charge on any atom is 0.136 e. The van der Waals surface area contributed by atoms with Crippen molar-refractivity contribution in [1.82, 2.24) is 9.97 Å². The topological polar surface area (TPSA) is 73.6 Å². The fraction of sp³-hybridized carbons (Fsp3) is 0.154. The summed E-state index contributed by atoms with van der Waals surface area (Å²) in [5, 5.41) is 15.1. The number of nitrogens with zero attached hydrogens (tertiary/aromatic N) is 3. The summed E-state index contributed by atoms with van der Waals surface area (Å²) in [6.45, 7) is 1.82. The second-order valence-electron chi connectivity index (χ2n) is 3.72. The Bertz CT molecular complexity index is 601. The van der Waals surface area contributed by atoms with Crippen LogP contribution in [-0.2, 0) is 0 Å². The fourth-order valence-corrected chi connectivity index (χ4v) is 1.59. The average molecular weight is 239 g/mol. The highest BCUT2D eigenvalue weighted by molar-refractivity contribution is 5.65. The first-order valence-electron chi connectivity index (χ1n) is 5.52. The fourth-order valence-electron chi connectivity index (χ4n) is 1.59. The van der Waals surface area contributed by atoms with Crippen LogP contribution in [0, 0.1) is 18.3 Å². The van der Waals surface area contributed by atoms with E-state index in [1.54, 1.807) is 19.2 Å². The first-order chi connectivity index (χ1) is 8.72. The predicted molar refractivity (Wildman–Crippen MR) is 70.8 cm³/mol. The molecule has 0 saturated carbocycles. The highest BCUT2D eigenvalue weighted by atomic mass is 15.1. The molecule has 0 atom stereocenters. The van der Waals surface area contributed by atoms with E-state index in [-0.39, 0.29) is 0 Å². The Morgan fingerprint density at radius 3 is 2.61 bits per heavy atom. The zero-order valence-electron chi connectivity index (χ0n) is 10.2. The number of aryl methyl sites for hydroxylation is 1. The van der Waals surface area contributed by atoms with Crippen molar-refractivity contribution in [2.24, 2.45) is 0 Å². The lowest BCUT2D eigenvalue weighted by Crippen LogP contribution is -2.02. The van der Waals surface area contributed by atoms with E-state index in [9.17, 15) is 0 Å². The van der Waals surface area contributed by atoms with Gasteiger partial charge in [0.15, 0.2) is 0 Å². The zero-order valence-corrected chi connectivity index (χ0v) is 10.2. The van der Waals surface area contributed by atoms with Crippen molar-refractivity contribution in [3.8, 4) is 6.07 Å². The van der Waals surface area contributed by atoms with Crippen molar-refractivity contribution in [1.29, 1.82) is 5.26 Å². The van der Waals surface area contributed by atoms with Crippen LogP contribution in [0.15, 0.2) is 30.3 Å². The first-order valence-corrected chi connectivity index (χ1v) is 5.52. The summed E-state index contributed by atoms with van der Waals surface area (Å²) >= 11 is 0. The van der Waals surface area contributed by atoms with Gasteiger partial charge in [0.2, 0.25) is 0 Å². The molecule has 0 aliphatic heterocycles. The molecular formula is C13H13N5. The predicted octanol–water partition coefficient (Wildman–Crippen LogP) is 2.44. The quantitative estimate of drug-likeness (QED) is 0.860. The molecule has 90 valence electrons. The van der Waals surface area contributed by atoms with Crippen LogP contribution in [0.1, 0.15) is 11.4 Å². The van der Waals surface area contributed by atoms with Crippen molar-refractivity contribution in [2.75, 3.05) is 17.7 Å². The molecule has 0 saturated heterocycles. The Morgan fingerprint density at radius 1 is 1.17 bits per heavy atom. The van der Waals surface area contributed by atoms with E-state index in [2.05, 4.69) is 26.7 Å². The lowest BCUT2D eigenvalue weighted by atomic mass is 10.2. The molecule has 18 heavy (non-hydrogen) atoms. The molecule has 2 N–H and O–H groups in total. The second-order valence-corrected chi connectivity index (χ2v) is 3.72. The lowest BCUT2D eigenvalue weighted by Gasteiger charge is -2.09. The van der Waals surface area contributed by atoms with Crippen LogP contribution in [0.2, 0.25) is 0 Å². The number of benzene rings is 1. The molecule has 5 nitrogen and oxygen atoms in total. The maximum absolute atomic E-state index is 9.02. The summed E-state index contributed by atoms with van der Waals surface area (Å²) in [5.74, 6) is 2.06. The maximum atomic E-state index is 9.02. The number of hydrogen-bond donors (Lipinski definition) is 2. The molecule has 0 spiro atoms. The Hall–Kier alpha value is -2.61. The van der Waals surface area contributed by atoms with E-state index in [4.69, 9.17) is 5.26 Å². The standard InChI is InChI=1S/C13H13N5/c1-9-16-12(15-2)7-13(17-9)18-11-6-4-3-5-10(11)8-14/h3-7H,1-2H3,(H2,15,16,17,18).